The summed E-state index contributed by atoms with van der Waals surface area (Å²) in [4.78, 5) is 16.9. The Morgan fingerprint density at radius 3 is 2.73 bits per heavy atom. The molecule has 1 aliphatic carbocycles. The fourth-order valence-corrected chi connectivity index (χ4v) is 3.64. The molecule has 0 radical (unpaired) electrons. The van der Waals surface area contributed by atoms with Gasteiger partial charge in [-0.2, -0.15) is 0 Å². The number of pyridine rings is 1. The second-order valence-electron chi connectivity index (χ2n) is 7.55. The molecule has 1 N–H and O–H groups in total. The SMILES string of the molecule is CCCN(CCCCOc1ccc2ccc(=O)[nH]c2c1)CCC1CCC1. The number of nitrogens with zero attached hydrogens (tertiary/aromatic N) is 1. The molecule has 1 saturated carbocycles. The van der Waals surface area contributed by atoms with E-state index in [1.54, 1.807) is 6.07 Å². The van der Waals surface area contributed by atoms with Crippen LogP contribution in [0.3, 0.4) is 0 Å². The summed E-state index contributed by atoms with van der Waals surface area (Å²) in [5.74, 6) is 1.83. The van der Waals surface area contributed by atoms with Gasteiger partial charge in [-0.05, 0) is 74.8 Å². The number of aromatic nitrogens is 1. The highest BCUT2D eigenvalue weighted by Crippen LogP contribution is 2.29. The molecule has 26 heavy (non-hydrogen) atoms. The molecule has 3 rings (SSSR count). The number of hydrogen-bond acceptors (Lipinski definition) is 3. The van der Waals surface area contributed by atoms with Gasteiger partial charge in [-0.3, -0.25) is 4.79 Å². The third-order valence-electron chi connectivity index (χ3n) is 5.45. The smallest absolute Gasteiger partial charge is 0.248 e. The van der Waals surface area contributed by atoms with Gasteiger partial charge in [0.25, 0.3) is 0 Å². The Labute approximate surface area is 156 Å². The second kappa shape index (κ2) is 9.77. The lowest BCUT2D eigenvalue weighted by molar-refractivity contribution is 0.206. The molecule has 1 fully saturated rings. The average molecular weight is 357 g/mol. The molecule has 1 aliphatic rings. The van der Waals surface area contributed by atoms with Gasteiger partial charge < -0.3 is 14.6 Å². The molecule has 0 saturated heterocycles. The first-order valence-corrected chi connectivity index (χ1v) is 10.2. The van der Waals surface area contributed by atoms with Crippen LogP contribution >= 0.6 is 0 Å². The zero-order valence-corrected chi connectivity index (χ0v) is 16.0. The number of aromatic amines is 1. The molecular formula is C22H32N2O2. The lowest BCUT2D eigenvalue weighted by atomic mass is 9.83. The molecule has 1 aromatic carbocycles. The topological polar surface area (TPSA) is 45.3 Å². The zero-order chi connectivity index (χ0) is 18.2. The summed E-state index contributed by atoms with van der Waals surface area (Å²) in [7, 11) is 0. The summed E-state index contributed by atoms with van der Waals surface area (Å²) in [5.41, 5.74) is 0.757. The number of ether oxygens (including phenoxy) is 1. The van der Waals surface area contributed by atoms with Crippen molar-refractivity contribution in [3.05, 3.63) is 40.7 Å². The summed E-state index contributed by atoms with van der Waals surface area (Å²) >= 11 is 0. The molecule has 4 heteroatoms. The van der Waals surface area contributed by atoms with Crippen LogP contribution in [0.2, 0.25) is 0 Å². The van der Waals surface area contributed by atoms with E-state index in [0.717, 1.165) is 35.6 Å². The minimum atomic E-state index is -0.0763. The number of unbranched alkanes of at least 4 members (excludes halogenated alkanes) is 1. The maximum Gasteiger partial charge on any atom is 0.248 e. The van der Waals surface area contributed by atoms with E-state index in [0.29, 0.717) is 0 Å². The van der Waals surface area contributed by atoms with Crippen LogP contribution in [-0.2, 0) is 0 Å². The minimum absolute atomic E-state index is 0.0763. The van der Waals surface area contributed by atoms with Crippen LogP contribution in [0.4, 0.5) is 0 Å². The molecular weight excluding hydrogens is 324 g/mol. The molecule has 0 spiro atoms. The average Bonchev–Trinajstić information content (AvgIpc) is 2.59. The molecule has 0 amide bonds. The predicted molar refractivity (Wildman–Crippen MR) is 108 cm³/mol. The lowest BCUT2D eigenvalue weighted by Crippen LogP contribution is -2.29. The van der Waals surface area contributed by atoms with Crippen molar-refractivity contribution in [1.29, 1.82) is 0 Å². The van der Waals surface area contributed by atoms with Gasteiger partial charge in [-0.25, -0.2) is 0 Å². The fraction of sp³-hybridized carbons (Fsp3) is 0.591. The molecule has 1 heterocycles. The molecule has 2 aromatic rings. The standard InChI is InChI=1S/C22H32N2O2/c1-2-13-24(15-12-18-6-5-7-18)14-3-4-16-26-20-10-8-19-9-11-22(25)23-21(19)17-20/h8-11,17-18H,2-7,12-16H2,1H3,(H,23,25). The van der Waals surface area contributed by atoms with Crippen molar-refractivity contribution in [3.8, 4) is 5.75 Å². The van der Waals surface area contributed by atoms with Gasteiger partial charge in [0.15, 0.2) is 0 Å². The van der Waals surface area contributed by atoms with Crippen LogP contribution in [0.1, 0.15) is 51.9 Å². The van der Waals surface area contributed by atoms with E-state index in [1.165, 1.54) is 58.2 Å². The molecule has 0 bridgehead atoms. The van der Waals surface area contributed by atoms with Crippen LogP contribution in [0.5, 0.6) is 5.75 Å². The van der Waals surface area contributed by atoms with Crippen molar-refractivity contribution in [2.24, 2.45) is 5.92 Å². The van der Waals surface area contributed by atoms with Crippen molar-refractivity contribution in [2.75, 3.05) is 26.2 Å². The van der Waals surface area contributed by atoms with E-state index >= 15 is 0 Å². The normalized spacial score (nSPS) is 14.7. The second-order valence-corrected chi connectivity index (χ2v) is 7.55. The zero-order valence-electron chi connectivity index (χ0n) is 16.0. The quantitative estimate of drug-likeness (QED) is 0.599. The molecule has 1 aromatic heterocycles. The summed E-state index contributed by atoms with van der Waals surface area (Å²) in [6.07, 6.45) is 9.19. The number of nitrogens with one attached hydrogen (secondary N) is 1. The van der Waals surface area contributed by atoms with Crippen molar-refractivity contribution in [1.82, 2.24) is 9.88 Å². The van der Waals surface area contributed by atoms with Gasteiger partial charge >= 0.3 is 0 Å². The summed E-state index contributed by atoms with van der Waals surface area (Å²) in [6.45, 7) is 6.65. The van der Waals surface area contributed by atoms with E-state index < -0.39 is 0 Å². The first kappa shape index (κ1) is 19.0. The van der Waals surface area contributed by atoms with Crippen LogP contribution in [-0.4, -0.2) is 36.1 Å². The van der Waals surface area contributed by atoms with Gasteiger partial charge in [-0.15, -0.1) is 0 Å². The van der Waals surface area contributed by atoms with Gasteiger partial charge in [0, 0.05) is 12.1 Å². The van der Waals surface area contributed by atoms with Gasteiger partial charge in [0.2, 0.25) is 5.56 Å². The first-order chi connectivity index (χ1) is 12.7. The minimum Gasteiger partial charge on any atom is -0.494 e. The van der Waals surface area contributed by atoms with Crippen LogP contribution in [0.25, 0.3) is 10.9 Å². The monoisotopic (exact) mass is 356 g/mol. The maximum atomic E-state index is 11.4. The Hall–Kier alpha value is -1.81. The number of benzene rings is 1. The third-order valence-corrected chi connectivity index (χ3v) is 5.45. The van der Waals surface area contributed by atoms with E-state index in [2.05, 4.69) is 16.8 Å². The summed E-state index contributed by atoms with van der Waals surface area (Å²) in [5, 5.41) is 1.03. The molecule has 0 atom stereocenters. The number of rotatable bonds is 11. The van der Waals surface area contributed by atoms with Crippen LogP contribution in [0, 0.1) is 5.92 Å². The Balaban J connectivity index is 1.37. The fourth-order valence-electron chi connectivity index (χ4n) is 3.64. The summed E-state index contributed by atoms with van der Waals surface area (Å²) in [6, 6.07) is 9.27. The maximum absolute atomic E-state index is 11.4. The lowest BCUT2D eigenvalue weighted by Gasteiger charge is -2.29. The third kappa shape index (κ3) is 5.60. The van der Waals surface area contributed by atoms with Crippen molar-refractivity contribution in [3.63, 3.8) is 0 Å². The highest BCUT2D eigenvalue weighted by atomic mass is 16.5. The van der Waals surface area contributed by atoms with Crippen LogP contribution in [0.15, 0.2) is 35.1 Å². The highest BCUT2D eigenvalue weighted by molar-refractivity contribution is 5.79. The Bertz CT molecular complexity index is 736. The van der Waals surface area contributed by atoms with E-state index in [-0.39, 0.29) is 5.56 Å². The van der Waals surface area contributed by atoms with Crippen molar-refractivity contribution < 1.29 is 4.74 Å². The van der Waals surface area contributed by atoms with Crippen LogP contribution < -0.4 is 10.3 Å². The largest absolute Gasteiger partial charge is 0.494 e. The van der Waals surface area contributed by atoms with Gasteiger partial charge in [-0.1, -0.05) is 26.2 Å². The number of hydrogen-bond donors (Lipinski definition) is 1. The predicted octanol–water partition coefficient (Wildman–Crippen LogP) is 4.59. The van der Waals surface area contributed by atoms with Gasteiger partial charge in [0.1, 0.15) is 5.75 Å². The van der Waals surface area contributed by atoms with E-state index in [4.69, 9.17) is 4.74 Å². The molecule has 4 nitrogen and oxygen atoms in total. The first-order valence-electron chi connectivity index (χ1n) is 10.2. The molecule has 0 unspecified atom stereocenters. The summed E-state index contributed by atoms with van der Waals surface area (Å²) < 4.78 is 5.88. The number of H-pyrrole nitrogens is 1. The highest BCUT2D eigenvalue weighted by Gasteiger charge is 2.17. The Morgan fingerprint density at radius 1 is 1.12 bits per heavy atom. The molecule has 142 valence electrons. The van der Waals surface area contributed by atoms with Crippen molar-refractivity contribution in [2.45, 2.75) is 51.9 Å². The Kier molecular flexibility index (Phi) is 7.13. The van der Waals surface area contributed by atoms with E-state index in [1.807, 2.05) is 24.3 Å². The van der Waals surface area contributed by atoms with Gasteiger partial charge in [0.05, 0.1) is 12.1 Å². The van der Waals surface area contributed by atoms with E-state index in [9.17, 15) is 4.79 Å². The number of fused-ring (bicyclic) bond motifs is 1. The molecule has 0 aliphatic heterocycles. The Morgan fingerprint density at radius 2 is 1.96 bits per heavy atom. The van der Waals surface area contributed by atoms with Crippen molar-refractivity contribution >= 4 is 10.9 Å².